The van der Waals surface area contributed by atoms with E-state index >= 15 is 0 Å². The largest absolute Gasteiger partial charge is 0.363 e. The van der Waals surface area contributed by atoms with Crippen molar-refractivity contribution in [2.75, 3.05) is 4.90 Å². The molecule has 1 aromatic carbocycles. The van der Waals surface area contributed by atoms with Crippen molar-refractivity contribution in [3.8, 4) is 0 Å². The highest BCUT2D eigenvalue weighted by Gasteiger charge is 2.14. The number of pyridine rings is 1. The van der Waals surface area contributed by atoms with E-state index in [1.54, 1.807) is 0 Å². The van der Waals surface area contributed by atoms with Crippen molar-refractivity contribution in [3.63, 3.8) is 0 Å². The van der Waals surface area contributed by atoms with Crippen LogP contribution in [-0.2, 0) is 6.54 Å². The van der Waals surface area contributed by atoms with Crippen molar-refractivity contribution >= 4 is 17.3 Å². The molecule has 100 valence electrons. The Morgan fingerprint density at radius 2 is 1.89 bits per heavy atom. The summed E-state index contributed by atoms with van der Waals surface area (Å²) in [5.41, 5.74) is 3.60. The van der Waals surface area contributed by atoms with E-state index in [4.69, 9.17) is 11.6 Å². The van der Waals surface area contributed by atoms with Crippen molar-refractivity contribution in [1.29, 1.82) is 0 Å². The van der Waals surface area contributed by atoms with E-state index < -0.39 is 0 Å². The molecule has 0 bridgehead atoms. The molecule has 0 atom stereocenters. The minimum atomic E-state index is 0.405. The molecule has 1 aromatic heterocycles. The van der Waals surface area contributed by atoms with Gasteiger partial charge in [-0.2, -0.15) is 0 Å². The number of aromatic nitrogens is 1. The van der Waals surface area contributed by atoms with Gasteiger partial charge >= 0.3 is 0 Å². The summed E-state index contributed by atoms with van der Waals surface area (Å²) in [6.07, 6.45) is 1.86. The molecule has 0 aliphatic heterocycles. The van der Waals surface area contributed by atoms with E-state index in [-0.39, 0.29) is 0 Å². The second-order valence-corrected chi connectivity index (χ2v) is 5.39. The molecule has 0 aliphatic carbocycles. The maximum atomic E-state index is 5.93. The summed E-state index contributed by atoms with van der Waals surface area (Å²) in [6.45, 7) is 7.33. The van der Waals surface area contributed by atoms with Gasteiger partial charge in [0, 0.05) is 12.6 Å². The van der Waals surface area contributed by atoms with Gasteiger partial charge in [-0.3, -0.25) is 0 Å². The minimum absolute atomic E-state index is 0.405. The zero-order valence-corrected chi connectivity index (χ0v) is 12.4. The highest BCUT2D eigenvalue weighted by molar-refractivity contribution is 6.29. The third-order valence-electron chi connectivity index (χ3n) is 3.18. The summed E-state index contributed by atoms with van der Waals surface area (Å²) in [7, 11) is 0. The summed E-state index contributed by atoms with van der Waals surface area (Å²) in [5, 5.41) is 0.546. The van der Waals surface area contributed by atoms with Crippen molar-refractivity contribution in [2.45, 2.75) is 33.4 Å². The van der Waals surface area contributed by atoms with Crippen LogP contribution in [-0.4, -0.2) is 11.0 Å². The monoisotopic (exact) mass is 274 g/mol. The summed E-state index contributed by atoms with van der Waals surface area (Å²) in [6, 6.07) is 12.8. The fourth-order valence-electron chi connectivity index (χ4n) is 2.14. The van der Waals surface area contributed by atoms with Crippen LogP contribution in [0, 0.1) is 6.92 Å². The predicted octanol–water partition coefficient (Wildman–Crippen LogP) is 4.46. The predicted molar refractivity (Wildman–Crippen MR) is 81.7 cm³/mol. The van der Waals surface area contributed by atoms with Gasteiger partial charge in [-0.05, 0) is 38.0 Å². The van der Waals surface area contributed by atoms with E-state index in [0.29, 0.717) is 11.2 Å². The molecule has 3 heteroatoms. The minimum Gasteiger partial charge on any atom is -0.363 e. The van der Waals surface area contributed by atoms with Gasteiger partial charge in [0.2, 0.25) is 0 Å². The third-order valence-corrected chi connectivity index (χ3v) is 3.39. The molecule has 0 fully saturated rings. The zero-order chi connectivity index (χ0) is 13.8. The topological polar surface area (TPSA) is 16.1 Å². The van der Waals surface area contributed by atoms with Gasteiger partial charge in [0.05, 0.1) is 11.9 Å². The van der Waals surface area contributed by atoms with Crippen LogP contribution >= 0.6 is 11.6 Å². The second-order valence-electron chi connectivity index (χ2n) is 5.00. The average molecular weight is 275 g/mol. The van der Waals surface area contributed by atoms with Crippen LogP contribution in [0.5, 0.6) is 0 Å². The number of anilines is 1. The standard InChI is InChI=1S/C16H19ClN2/c1-12(2)19(11-14-7-5-4-6-8-14)15-10-18-16(17)9-13(15)3/h4-10,12H,11H2,1-3H3. The first kappa shape index (κ1) is 13.9. The first-order valence-corrected chi connectivity index (χ1v) is 6.88. The molecule has 0 saturated heterocycles. The Bertz CT molecular complexity index is 538. The van der Waals surface area contributed by atoms with Crippen LogP contribution in [0.2, 0.25) is 5.15 Å². The van der Waals surface area contributed by atoms with Crippen LogP contribution in [0.15, 0.2) is 42.6 Å². The normalized spacial score (nSPS) is 10.8. The van der Waals surface area contributed by atoms with Gasteiger partial charge in [0.1, 0.15) is 5.15 Å². The molecular weight excluding hydrogens is 256 g/mol. The Morgan fingerprint density at radius 3 is 2.47 bits per heavy atom. The average Bonchev–Trinajstić information content (AvgIpc) is 2.38. The molecular formula is C16H19ClN2. The molecule has 1 heterocycles. The van der Waals surface area contributed by atoms with Crippen LogP contribution < -0.4 is 4.90 Å². The number of halogens is 1. The third kappa shape index (κ3) is 3.48. The Morgan fingerprint density at radius 1 is 1.21 bits per heavy atom. The van der Waals surface area contributed by atoms with Gasteiger partial charge in [-0.1, -0.05) is 41.9 Å². The van der Waals surface area contributed by atoms with E-state index in [1.807, 2.05) is 18.3 Å². The number of rotatable bonds is 4. The molecule has 2 nitrogen and oxygen atoms in total. The molecule has 0 amide bonds. The lowest BCUT2D eigenvalue weighted by Crippen LogP contribution is -2.30. The second kappa shape index (κ2) is 6.07. The maximum absolute atomic E-state index is 5.93. The number of hydrogen-bond acceptors (Lipinski definition) is 2. The van der Waals surface area contributed by atoms with Crippen LogP contribution in [0.1, 0.15) is 25.0 Å². The molecule has 0 unspecified atom stereocenters. The zero-order valence-electron chi connectivity index (χ0n) is 11.6. The van der Waals surface area contributed by atoms with Crippen LogP contribution in [0.4, 0.5) is 5.69 Å². The first-order chi connectivity index (χ1) is 9.08. The van der Waals surface area contributed by atoms with Crippen molar-refractivity contribution in [1.82, 2.24) is 4.98 Å². The molecule has 0 saturated carbocycles. The summed E-state index contributed by atoms with van der Waals surface area (Å²) < 4.78 is 0. The molecule has 0 radical (unpaired) electrons. The highest BCUT2D eigenvalue weighted by Crippen LogP contribution is 2.25. The lowest BCUT2D eigenvalue weighted by atomic mass is 10.1. The van der Waals surface area contributed by atoms with E-state index in [9.17, 15) is 0 Å². The number of hydrogen-bond donors (Lipinski definition) is 0. The van der Waals surface area contributed by atoms with Crippen LogP contribution in [0.3, 0.4) is 0 Å². The lowest BCUT2D eigenvalue weighted by molar-refractivity contribution is 0.679. The molecule has 2 rings (SSSR count). The smallest absolute Gasteiger partial charge is 0.129 e. The van der Waals surface area contributed by atoms with Gasteiger partial charge < -0.3 is 4.90 Å². The van der Waals surface area contributed by atoms with Gasteiger partial charge in [-0.15, -0.1) is 0 Å². The number of aryl methyl sites for hydroxylation is 1. The molecule has 0 aliphatic rings. The lowest BCUT2D eigenvalue weighted by Gasteiger charge is -2.30. The van der Waals surface area contributed by atoms with Crippen molar-refractivity contribution in [3.05, 3.63) is 58.9 Å². The van der Waals surface area contributed by atoms with Gasteiger partial charge in [-0.25, -0.2) is 4.98 Å². The Kier molecular flexibility index (Phi) is 4.43. The van der Waals surface area contributed by atoms with E-state index in [0.717, 1.165) is 17.8 Å². The van der Waals surface area contributed by atoms with Gasteiger partial charge in [0.15, 0.2) is 0 Å². The first-order valence-electron chi connectivity index (χ1n) is 6.50. The fourth-order valence-corrected chi connectivity index (χ4v) is 2.35. The summed E-state index contributed by atoms with van der Waals surface area (Å²) in [4.78, 5) is 6.55. The molecule has 2 aromatic rings. The van der Waals surface area contributed by atoms with Crippen molar-refractivity contribution < 1.29 is 0 Å². The fraction of sp³-hybridized carbons (Fsp3) is 0.312. The van der Waals surface area contributed by atoms with Crippen molar-refractivity contribution in [2.24, 2.45) is 0 Å². The quantitative estimate of drug-likeness (QED) is 0.766. The van der Waals surface area contributed by atoms with Gasteiger partial charge in [0.25, 0.3) is 0 Å². The maximum Gasteiger partial charge on any atom is 0.129 e. The molecule has 19 heavy (non-hydrogen) atoms. The number of nitrogens with zero attached hydrogens (tertiary/aromatic N) is 2. The molecule has 0 N–H and O–H groups in total. The van der Waals surface area contributed by atoms with E-state index in [1.165, 1.54) is 5.56 Å². The SMILES string of the molecule is Cc1cc(Cl)ncc1N(Cc1ccccc1)C(C)C. The Balaban J connectivity index is 2.30. The molecule has 0 spiro atoms. The summed E-state index contributed by atoms with van der Waals surface area (Å²) in [5.74, 6) is 0. The highest BCUT2D eigenvalue weighted by atomic mass is 35.5. The van der Waals surface area contributed by atoms with Crippen LogP contribution in [0.25, 0.3) is 0 Å². The summed E-state index contributed by atoms with van der Waals surface area (Å²) >= 11 is 5.93. The Labute approximate surface area is 120 Å². The number of benzene rings is 1. The van der Waals surface area contributed by atoms with E-state index in [2.05, 4.69) is 54.9 Å². The Hall–Kier alpha value is -1.54.